The monoisotopic (exact) mass is 543 g/mol. The maximum atomic E-state index is 6.23. The minimum absolute atomic E-state index is 0.354. The van der Waals surface area contributed by atoms with Gasteiger partial charge in [0.25, 0.3) is 0 Å². The Morgan fingerprint density at radius 2 is 1.00 bits per heavy atom. The predicted molar refractivity (Wildman–Crippen MR) is 166 cm³/mol. The number of halogens is 1. The van der Waals surface area contributed by atoms with Crippen LogP contribution < -0.4 is 0 Å². The molecule has 41 heavy (non-hydrogen) atoms. The van der Waals surface area contributed by atoms with E-state index in [1.165, 1.54) is 44.5 Å². The number of rotatable bonds is 2. The van der Waals surface area contributed by atoms with Gasteiger partial charge in [0.1, 0.15) is 5.52 Å². The van der Waals surface area contributed by atoms with Crippen molar-refractivity contribution in [3.8, 4) is 44.8 Å². The second-order valence-corrected chi connectivity index (χ2v) is 11.3. The van der Waals surface area contributed by atoms with Crippen molar-refractivity contribution in [3.05, 3.63) is 161 Å². The quantitative estimate of drug-likeness (QED) is 0.217. The summed E-state index contributed by atoms with van der Waals surface area (Å²) in [7, 11) is 0. The van der Waals surface area contributed by atoms with Gasteiger partial charge in [-0.3, -0.25) is 0 Å². The van der Waals surface area contributed by atoms with E-state index in [1.807, 2.05) is 30.3 Å². The predicted octanol–water partition coefficient (Wildman–Crippen LogP) is 10.2. The van der Waals surface area contributed by atoms with Crippen LogP contribution >= 0.6 is 11.6 Å². The molecule has 0 N–H and O–H groups in total. The summed E-state index contributed by atoms with van der Waals surface area (Å²) in [4.78, 5) is 4.73. The number of hydrogen-bond donors (Lipinski definition) is 0. The highest BCUT2D eigenvalue weighted by atomic mass is 35.5. The Morgan fingerprint density at radius 1 is 0.488 bits per heavy atom. The van der Waals surface area contributed by atoms with Crippen LogP contribution in [-0.4, -0.2) is 4.98 Å². The lowest BCUT2D eigenvalue weighted by Crippen LogP contribution is -2.25. The molecule has 9 rings (SSSR count). The molecule has 3 heteroatoms. The third kappa shape index (κ3) is 3.06. The van der Waals surface area contributed by atoms with E-state index in [2.05, 4.69) is 103 Å². The summed E-state index contributed by atoms with van der Waals surface area (Å²) in [6, 6.07) is 47.5. The fourth-order valence-corrected chi connectivity index (χ4v) is 7.22. The topological polar surface area (TPSA) is 26.0 Å². The van der Waals surface area contributed by atoms with Crippen molar-refractivity contribution in [1.82, 2.24) is 4.98 Å². The second kappa shape index (κ2) is 8.30. The van der Waals surface area contributed by atoms with E-state index in [9.17, 15) is 0 Å². The van der Waals surface area contributed by atoms with Crippen molar-refractivity contribution in [2.24, 2.45) is 0 Å². The average Bonchev–Trinajstić information content (AvgIpc) is 3.68. The zero-order chi connectivity index (χ0) is 27.1. The molecule has 0 radical (unpaired) electrons. The fraction of sp³-hybridized carbons (Fsp3) is 0.0263. The lowest BCUT2D eigenvalue weighted by atomic mass is 9.70. The van der Waals surface area contributed by atoms with Crippen LogP contribution in [-0.2, 0) is 5.41 Å². The standard InChI is InChI=1S/C38H22ClNO/c39-26-17-13-23(14-18-26)37-40-35-20-16-25(22-36(35)41-37)24-15-19-30-29-9-3-6-12-33(29)38(34(30)21-24)31-10-4-1-7-27(31)28-8-2-5-11-32(28)38/h1-22H. The molecule has 7 aromatic rings. The minimum Gasteiger partial charge on any atom is -0.436 e. The molecule has 0 saturated carbocycles. The van der Waals surface area contributed by atoms with Crippen molar-refractivity contribution in [2.45, 2.75) is 5.41 Å². The first-order valence-corrected chi connectivity index (χ1v) is 14.2. The second-order valence-electron chi connectivity index (χ2n) is 10.9. The number of oxazole rings is 1. The maximum absolute atomic E-state index is 6.23. The molecule has 2 aliphatic rings. The summed E-state index contributed by atoms with van der Waals surface area (Å²) in [5, 5.41) is 0.691. The zero-order valence-electron chi connectivity index (χ0n) is 21.9. The van der Waals surface area contributed by atoms with Gasteiger partial charge < -0.3 is 4.42 Å². The van der Waals surface area contributed by atoms with Gasteiger partial charge in [-0.2, -0.15) is 0 Å². The van der Waals surface area contributed by atoms with Gasteiger partial charge in [-0.05, 0) is 98.1 Å². The van der Waals surface area contributed by atoms with Crippen molar-refractivity contribution >= 4 is 22.7 Å². The van der Waals surface area contributed by atoms with Crippen LogP contribution in [0.3, 0.4) is 0 Å². The Balaban J connectivity index is 1.26. The van der Waals surface area contributed by atoms with E-state index in [1.54, 1.807) is 0 Å². The smallest absolute Gasteiger partial charge is 0.227 e. The van der Waals surface area contributed by atoms with Crippen molar-refractivity contribution in [3.63, 3.8) is 0 Å². The van der Waals surface area contributed by atoms with Crippen LogP contribution in [0.5, 0.6) is 0 Å². The number of benzene rings is 6. The lowest BCUT2D eigenvalue weighted by molar-refractivity contribution is 0.620. The molecule has 1 spiro atoms. The molecule has 0 bridgehead atoms. The molecule has 0 saturated heterocycles. The molecule has 0 unspecified atom stereocenters. The normalized spacial score (nSPS) is 13.7. The van der Waals surface area contributed by atoms with Gasteiger partial charge in [-0.15, -0.1) is 0 Å². The van der Waals surface area contributed by atoms with Crippen LogP contribution in [0.2, 0.25) is 5.02 Å². The van der Waals surface area contributed by atoms with Gasteiger partial charge in [0.15, 0.2) is 5.58 Å². The number of aromatic nitrogens is 1. The molecule has 0 aliphatic heterocycles. The van der Waals surface area contributed by atoms with Gasteiger partial charge in [0, 0.05) is 10.6 Å². The number of hydrogen-bond acceptors (Lipinski definition) is 2. The van der Waals surface area contributed by atoms with E-state index in [-0.39, 0.29) is 5.41 Å². The Labute approximate surface area is 242 Å². The van der Waals surface area contributed by atoms with E-state index in [0.717, 1.165) is 27.8 Å². The third-order valence-electron chi connectivity index (χ3n) is 8.81. The number of nitrogens with zero attached hydrogens (tertiary/aromatic N) is 1. The summed E-state index contributed by atoms with van der Waals surface area (Å²) < 4.78 is 6.23. The summed E-state index contributed by atoms with van der Waals surface area (Å²) in [6.45, 7) is 0. The molecule has 1 aromatic heterocycles. The highest BCUT2D eigenvalue weighted by Crippen LogP contribution is 2.62. The Hall–Kier alpha value is -4.92. The highest BCUT2D eigenvalue weighted by molar-refractivity contribution is 6.30. The molecule has 2 nitrogen and oxygen atoms in total. The number of fused-ring (bicyclic) bond motifs is 11. The van der Waals surface area contributed by atoms with Crippen molar-refractivity contribution in [2.75, 3.05) is 0 Å². The molecule has 2 aliphatic carbocycles. The fourth-order valence-electron chi connectivity index (χ4n) is 7.09. The summed E-state index contributed by atoms with van der Waals surface area (Å²) in [6.07, 6.45) is 0. The summed E-state index contributed by atoms with van der Waals surface area (Å²) in [5.41, 5.74) is 15.0. The van der Waals surface area contributed by atoms with Gasteiger partial charge in [0.2, 0.25) is 5.89 Å². The van der Waals surface area contributed by atoms with E-state index in [0.29, 0.717) is 10.9 Å². The molecular weight excluding hydrogens is 522 g/mol. The van der Waals surface area contributed by atoms with Gasteiger partial charge in [-0.25, -0.2) is 4.98 Å². The van der Waals surface area contributed by atoms with Crippen molar-refractivity contribution in [1.29, 1.82) is 0 Å². The Morgan fingerprint density at radius 3 is 1.63 bits per heavy atom. The van der Waals surface area contributed by atoms with Crippen molar-refractivity contribution < 1.29 is 4.42 Å². The van der Waals surface area contributed by atoms with Crippen LogP contribution in [0.25, 0.3) is 55.9 Å². The Kier molecular flexibility index (Phi) is 4.62. The van der Waals surface area contributed by atoms with E-state index < -0.39 is 0 Å². The minimum atomic E-state index is -0.354. The molecular formula is C38H22ClNO. The SMILES string of the molecule is Clc1ccc(-c2nc3ccc(-c4ccc5c(c4)C4(c6ccccc6-c6ccccc64)c4ccccc4-5)cc3o2)cc1. The van der Waals surface area contributed by atoms with E-state index >= 15 is 0 Å². The van der Waals surface area contributed by atoms with Gasteiger partial charge in [-0.1, -0.05) is 103 Å². The summed E-state index contributed by atoms with van der Waals surface area (Å²) in [5.74, 6) is 0.594. The van der Waals surface area contributed by atoms with Gasteiger partial charge in [0.05, 0.1) is 5.41 Å². The van der Waals surface area contributed by atoms with Crippen LogP contribution in [0.1, 0.15) is 22.3 Å². The molecule has 0 fully saturated rings. The zero-order valence-corrected chi connectivity index (χ0v) is 22.7. The van der Waals surface area contributed by atoms with Crippen LogP contribution in [0, 0.1) is 0 Å². The largest absolute Gasteiger partial charge is 0.436 e. The summed E-state index contributed by atoms with van der Waals surface area (Å²) >= 11 is 6.09. The van der Waals surface area contributed by atoms with Crippen LogP contribution in [0.4, 0.5) is 0 Å². The van der Waals surface area contributed by atoms with Crippen LogP contribution in [0.15, 0.2) is 138 Å². The molecule has 0 atom stereocenters. The third-order valence-corrected chi connectivity index (χ3v) is 9.06. The highest BCUT2D eigenvalue weighted by Gasteiger charge is 2.51. The lowest BCUT2D eigenvalue weighted by Gasteiger charge is -2.30. The van der Waals surface area contributed by atoms with E-state index in [4.69, 9.17) is 21.0 Å². The molecule has 192 valence electrons. The first-order valence-electron chi connectivity index (χ1n) is 13.8. The van der Waals surface area contributed by atoms with Gasteiger partial charge >= 0.3 is 0 Å². The molecule has 0 amide bonds. The first-order chi connectivity index (χ1) is 20.2. The average molecular weight is 544 g/mol. The molecule has 1 heterocycles. The Bertz CT molecular complexity index is 2110. The first kappa shape index (κ1) is 22.9. The molecule has 6 aromatic carbocycles. The maximum Gasteiger partial charge on any atom is 0.227 e.